The van der Waals surface area contributed by atoms with E-state index in [0.29, 0.717) is 23.9 Å². The number of phosphoric acid groups is 1. The molecule has 0 bridgehead atoms. The van der Waals surface area contributed by atoms with Crippen molar-refractivity contribution >= 4 is 19.7 Å². The molecule has 1 amide bonds. The summed E-state index contributed by atoms with van der Waals surface area (Å²) in [4.78, 5) is 39.9. The number of amides is 1. The molecule has 0 spiro atoms. The highest BCUT2D eigenvalue weighted by Crippen LogP contribution is 2.38. The van der Waals surface area contributed by atoms with Crippen molar-refractivity contribution < 1.29 is 37.3 Å². The Morgan fingerprint density at radius 3 is 1.34 bits per heavy atom. The number of quaternary nitrogens is 1. The third-order valence-electron chi connectivity index (χ3n) is 12.4. The molecule has 0 saturated heterocycles. The lowest BCUT2D eigenvalue weighted by Gasteiger charge is -2.30. The molecule has 10 heteroatoms. The lowest BCUT2D eigenvalue weighted by molar-refractivity contribution is -0.870. The van der Waals surface area contributed by atoms with Gasteiger partial charge in [-0.2, -0.15) is 0 Å². The highest BCUT2D eigenvalue weighted by Gasteiger charge is 2.27. The smallest absolute Gasteiger partial charge is 0.306 e. The summed E-state index contributed by atoms with van der Waals surface area (Å²) in [6.45, 7) is 6.63. The van der Waals surface area contributed by atoms with Gasteiger partial charge in [0, 0.05) is 12.8 Å². The van der Waals surface area contributed by atoms with Crippen molar-refractivity contribution in [2.24, 2.45) is 0 Å². The van der Waals surface area contributed by atoms with Crippen LogP contribution in [0.4, 0.5) is 0 Å². The number of hydrogen-bond donors (Lipinski definition) is 1. The Hall–Kier alpha value is -3.33. The molecule has 0 radical (unpaired) electrons. The minimum absolute atomic E-state index is 0.0379. The summed E-state index contributed by atoms with van der Waals surface area (Å²) in [5, 5.41) is 2.99. The second-order valence-electron chi connectivity index (χ2n) is 20.8. The van der Waals surface area contributed by atoms with Gasteiger partial charge >= 0.3 is 5.97 Å². The maximum absolute atomic E-state index is 13.5. The molecule has 0 aliphatic rings. The van der Waals surface area contributed by atoms with Crippen molar-refractivity contribution in [3.05, 3.63) is 109 Å². The van der Waals surface area contributed by atoms with Crippen LogP contribution in [0, 0.1) is 0 Å². The first-order chi connectivity index (χ1) is 35.9. The molecule has 1 N–H and O–H groups in total. The van der Waals surface area contributed by atoms with Crippen LogP contribution in [-0.4, -0.2) is 69.4 Å². The number of carbonyl (C=O) groups excluding carboxylic acids is 2. The second-order valence-corrected chi connectivity index (χ2v) is 22.2. The van der Waals surface area contributed by atoms with Crippen molar-refractivity contribution in [3.8, 4) is 0 Å². The van der Waals surface area contributed by atoms with Gasteiger partial charge in [-0.05, 0) is 115 Å². The topological polar surface area (TPSA) is 114 Å². The Labute approximate surface area is 455 Å². The molecule has 0 aromatic rings. The second kappa shape index (κ2) is 53.1. The molecule has 3 atom stereocenters. The summed E-state index contributed by atoms with van der Waals surface area (Å²) in [5.74, 6) is -0.607. The van der Waals surface area contributed by atoms with Gasteiger partial charge in [0.2, 0.25) is 5.91 Å². The third kappa shape index (κ3) is 53.5. The van der Waals surface area contributed by atoms with Crippen LogP contribution in [0.1, 0.15) is 233 Å². The van der Waals surface area contributed by atoms with Crippen LogP contribution in [0.3, 0.4) is 0 Å². The SMILES string of the molecule is CC/C=C/C/C=C/C/C=C/C/C=C/CCCCCC(=O)NC(COP(=O)([O-])OCC[N+](C)(C)C)C(/C=C/CCCCCCCCCCC)OC(=O)CCCCCCC/C=C\C/C=C\C/C=C\C/C=C\CCCCC. The largest absolute Gasteiger partial charge is 0.756 e. The summed E-state index contributed by atoms with van der Waals surface area (Å²) < 4.78 is 30.2. The van der Waals surface area contributed by atoms with E-state index in [4.69, 9.17) is 13.8 Å². The van der Waals surface area contributed by atoms with Gasteiger partial charge in [-0.1, -0.05) is 214 Å². The molecule has 9 nitrogen and oxygen atoms in total. The summed E-state index contributed by atoms with van der Waals surface area (Å²) in [7, 11) is 1.13. The van der Waals surface area contributed by atoms with E-state index >= 15 is 0 Å². The number of unbranched alkanes of at least 4 members (excludes halogenated alkanes) is 20. The number of phosphoric ester groups is 1. The van der Waals surface area contributed by atoms with Gasteiger partial charge in [-0.3, -0.25) is 14.2 Å². The normalized spacial score (nSPS) is 14.5. The summed E-state index contributed by atoms with van der Waals surface area (Å²) in [6, 6.07) is -0.919. The van der Waals surface area contributed by atoms with Crippen LogP contribution in [0.2, 0.25) is 0 Å². The average Bonchev–Trinajstić information content (AvgIpc) is 3.36. The fourth-order valence-corrected chi connectivity index (χ4v) is 8.57. The van der Waals surface area contributed by atoms with Crippen molar-refractivity contribution in [1.29, 1.82) is 0 Å². The molecule has 0 aliphatic heterocycles. The van der Waals surface area contributed by atoms with E-state index in [1.807, 2.05) is 33.3 Å². The van der Waals surface area contributed by atoms with Gasteiger partial charge < -0.3 is 28.5 Å². The predicted octanol–water partition coefficient (Wildman–Crippen LogP) is 17.5. The van der Waals surface area contributed by atoms with E-state index < -0.39 is 26.6 Å². The molecular weight excluding hydrogens is 940 g/mol. The Bertz CT molecular complexity index is 1640. The van der Waals surface area contributed by atoms with Gasteiger partial charge in [0.25, 0.3) is 7.82 Å². The van der Waals surface area contributed by atoms with Crippen LogP contribution in [-0.2, 0) is 27.9 Å². The van der Waals surface area contributed by atoms with E-state index in [-0.39, 0.29) is 31.3 Å². The molecule has 0 fully saturated rings. The zero-order chi connectivity index (χ0) is 54.3. The summed E-state index contributed by atoms with van der Waals surface area (Å²) >= 11 is 0. The number of nitrogens with zero attached hydrogens (tertiary/aromatic N) is 1. The van der Waals surface area contributed by atoms with Crippen molar-refractivity contribution in [3.63, 3.8) is 0 Å². The molecule has 424 valence electrons. The Morgan fingerprint density at radius 2 is 0.865 bits per heavy atom. The fraction of sp³-hybridized carbons (Fsp3) is 0.688. The standard InChI is InChI=1S/C64H111N2O7P/c1-7-10-13-16-19-22-25-27-29-31-32-33-34-35-37-39-42-45-48-51-54-57-64(68)73-62(55-52-49-46-43-40-24-21-18-15-12-9-3)61(60-72-74(69,70)71-59-58-66(4,5)6)65-63(67)56-53-50-47-44-41-38-36-30-28-26-23-20-17-14-11-8-2/h11,14,19-20,22-23,27-30,32-33,35,37-38,41,52,55,61-62H,7-10,12-13,15-18,21,24-26,31,34,36,39-40,42-51,53-54,56-60H2,1-6H3,(H-,65,67,69,70)/b14-11+,22-19-,23-20+,29-27-,30-28+,33-32-,37-35-,41-38+,55-52+. The zero-order valence-electron chi connectivity index (χ0n) is 48.3. The number of rotatable bonds is 52. The minimum Gasteiger partial charge on any atom is -0.756 e. The number of allylic oxidation sites excluding steroid dienone is 17. The zero-order valence-corrected chi connectivity index (χ0v) is 49.1. The van der Waals surface area contributed by atoms with Crippen molar-refractivity contribution in [2.75, 3.05) is 40.9 Å². The first-order valence-corrected chi connectivity index (χ1v) is 31.2. The molecule has 0 rings (SSSR count). The monoisotopic (exact) mass is 1050 g/mol. The Balaban J connectivity index is 5.36. The van der Waals surface area contributed by atoms with Crippen molar-refractivity contribution in [2.45, 2.75) is 245 Å². The number of nitrogens with one attached hydrogen (secondary N) is 1. The quantitative estimate of drug-likeness (QED) is 0.0212. The summed E-state index contributed by atoms with van der Waals surface area (Å²) in [6.07, 6.45) is 72.0. The highest BCUT2D eigenvalue weighted by molar-refractivity contribution is 7.45. The molecule has 0 aromatic carbocycles. The predicted molar refractivity (Wildman–Crippen MR) is 316 cm³/mol. The van der Waals surface area contributed by atoms with E-state index in [0.717, 1.165) is 116 Å². The molecule has 0 saturated carbocycles. The maximum Gasteiger partial charge on any atom is 0.306 e. The van der Waals surface area contributed by atoms with Gasteiger partial charge in [0.05, 0.1) is 33.8 Å². The minimum atomic E-state index is -4.72. The summed E-state index contributed by atoms with van der Waals surface area (Å²) in [5.41, 5.74) is 0. The van der Waals surface area contributed by atoms with Crippen LogP contribution < -0.4 is 10.2 Å². The first kappa shape index (κ1) is 70.7. The number of hydrogen-bond acceptors (Lipinski definition) is 7. The van der Waals surface area contributed by atoms with Crippen LogP contribution in [0.15, 0.2) is 109 Å². The van der Waals surface area contributed by atoms with E-state index in [1.54, 1.807) is 0 Å². The molecular formula is C64H111N2O7P. The molecule has 3 unspecified atom stereocenters. The molecule has 0 heterocycles. The van der Waals surface area contributed by atoms with Gasteiger partial charge in [0.1, 0.15) is 19.3 Å². The lowest BCUT2D eigenvalue weighted by atomic mass is 10.1. The van der Waals surface area contributed by atoms with E-state index in [9.17, 15) is 19.0 Å². The van der Waals surface area contributed by atoms with Crippen molar-refractivity contribution in [1.82, 2.24) is 5.32 Å². The number of likely N-dealkylation sites (N-methyl/N-ethyl adjacent to an activating group) is 1. The van der Waals surface area contributed by atoms with E-state index in [1.165, 1.54) is 70.6 Å². The first-order valence-electron chi connectivity index (χ1n) is 29.7. The third-order valence-corrected chi connectivity index (χ3v) is 13.4. The highest BCUT2D eigenvalue weighted by atomic mass is 31.2. The lowest BCUT2D eigenvalue weighted by Crippen LogP contribution is -2.47. The van der Waals surface area contributed by atoms with E-state index in [2.05, 4.69) is 123 Å². The number of carbonyl (C=O) groups is 2. The maximum atomic E-state index is 13.5. The van der Waals surface area contributed by atoms with Crippen LogP contribution in [0.25, 0.3) is 0 Å². The van der Waals surface area contributed by atoms with Gasteiger partial charge in [-0.25, -0.2) is 0 Å². The van der Waals surface area contributed by atoms with Crippen LogP contribution in [0.5, 0.6) is 0 Å². The molecule has 74 heavy (non-hydrogen) atoms. The fourth-order valence-electron chi connectivity index (χ4n) is 7.85. The molecule has 0 aliphatic carbocycles. The number of esters is 1. The van der Waals surface area contributed by atoms with Gasteiger partial charge in [0.15, 0.2) is 0 Å². The molecule has 0 aromatic heterocycles. The average molecular weight is 1050 g/mol. The Morgan fingerprint density at radius 1 is 0.486 bits per heavy atom. The van der Waals surface area contributed by atoms with Gasteiger partial charge in [-0.15, -0.1) is 0 Å². The van der Waals surface area contributed by atoms with Crippen LogP contribution >= 0.6 is 7.82 Å². The Kier molecular flexibility index (Phi) is 50.7. The number of ether oxygens (including phenoxy) is 1.